The average Bonchev–Trinajstić information content (AvgIpc) is 3.15. The number of nitrogens with zero attached hydrogens (tertiary/aromatic N) is 3. The van der Waals surface area contributed by atoms with Gasteiger partial charge in [0.1, 0.15) is 15.7 Å². The molecule has 158 valence electrons. The molecule has 2 aromatic carbocycles. The number of nitrogens with one attached hydrogen (secondary N) is 1. The van der Waals surface area contributed by atoms with Crippen molar-refractivity contribution in [3.05, 3.63) is 65.7 Å². The van der Waals surface area contributed by atoms with Gasteiger partial charge in [0.2, 0.25) is 5.17 Å². The minimum Gasteiger partial charge on any atom is -0.379 e. The van der Waals surface area contributed by atoms with Gasteiger partial charge in [0.05, 0.1) is 5.57 Å². The van der Waals surface area contributed by atoms with Crippen LogP contribution in [0.2, 0.25) is 0 Å². The van der Waals surface area contributed by atoms with Gasteiger partial charge < -0.3 is 4.18 Å². The van der Waals surface area contributed by atoms with Crippen LogP contribution in [0.4, 0.5) is 0 Å². The van der Waals surface area contributed by atoms with E-state index in [4.69, 9.17) is 9.59 Å². The summed E-state index contributed by atoms with van der Waals surface area (Å²) in [6, 6.07) is 14.0. The Hall–Kier alpha value is -3.24. The fourth-order valence-corrected chi connectivity index (χ4v) is 4.83. The maximum atomic E-state index is 12.4. The van der Waals surface area contributed by atoms with Gasteiger partial charge in [-0.2, -0.15) is 23.5 Å². The number of aliphatic imine (C=N–C) groups is 1. The minimum absolute atomic E-state index is 0.0411. The lowest BCUT2D eigenvalue weighted by molar-refractivity contribution is -0.114. The van der Waals surface area contributed by atoms with E-state index in [1.807, 2.05) is 6.92 Å². The summed E-state index contributed by atoms with van der Waals surface area (Å²) < 4.78 is 29.8. The molecule has 10 heteroatoms. The molecule has 1 N–H and O–H groups in total. The highest BCUT2D eigenvalue weighted by molar-refractivity contribution is 8.26. The first-order valence-electron chi connectivity index (χ1n) is 9.46. The second-order valence-electron chi connectivity index (χ2n) is 6.68. The van der Waals surface area contributed by atoms with Gasteiger partial charge in [0, 0.05) is 0 Å². The van der Waals surface area contributed by atoms with E-state index in [-0.39, 0.29) is 22.1 Å². The largest absolute Gasteiger partial charge is 0.379 e. The van der Waals surface area contributed by atoms with Gasteiger partial charge >= 0.3 is 10.1 Å². The summed E-state index contributed by atoms with van der Waals surface area (Å²) in [7, 11) is -3.94. The van der Waals surface area contributed by atoms with E-state index in [0.717, 1.165) is 17.9 Å². The summed E-state index contributed by atoms with van der Waals surface area (Å²) >= 11 is 1.30. The Kier molecular flexibility index (Phi) is 5.75. The molecule has 2 aliphatic rings. The number of rotatable bonds is 6. The summed E-state index contributed by atoms with van der Waals surface area (Å²) in [5, 5.41) is 15.3. The van der Waals surface area contributed by atoms with Gasteiger partial charge in [-0.3, -0.25) is 10.2 Å². The number of hydrogen-bond acceptors (Lipinski definition) is 7. The normalized spacial score (nSPS) is 17.5. The second-order valence-corrected chi connectivity index (χ2v) is 9.27. The number of hydrazone groups is 1. The molecule has 0 aliphatic carbocycles. The van der Waals surface area contributed by atoms with Crippen molar-refractivity contribution >= 4 is 49.9 Å². The Morgan fingerprint density at radius 1 is 1.13 bits per heavy atom. The second kappa shape index (κ2) is 8.48. The van der Waals surface area contributed by atoms with Crippen molar-refractivity contribution in [2.24, 2.45) is 10.1 Å². The van der Waals surface area contributed by atoms with Crippen molar-refractivity contribution in [3.63, 3.8) is 0 Å². The Morgan fingerprint density at radius 2 is 1.84 bits per heavy atom. The fourth-order valence-electron chi connectivity index (χ4n) is 2.89. The summed E-state index contributed by atoms with van der Waals surface area (Å²) in [6.07, 6.45) is 3.19. The van der Waals surface area contributed by atoms with Crippen LogP contribution < -0.4 is 4.18 Å². The van der Waals surface area contributed by atoms with Crippen molar-refractivity contribution < 1.29 is 17.4 Å². The molecule has 0 radical (unpaired) electrons. The molecule has 0 bridgehead atoms. The standard InChI is InChI=1S/C21H18N4O4S2/c1-2-6-18-24-25-19(22)17(20(26)23-21(25)30-18)13-14-9-11-15(12-10-14)29-31(27,28)16-7-4-3-5-8-16/h3-5,7-13,22H,2,6H2,1H3/b17-13+,22-19?. The van der Waals surface area contributed by atoms with Crippen LogP contribution in [0, 0.1) is 5.41 Å². The average molecular weight is 455 g/mol. The Bertz CT molecular complexity index is 1230. The van der Waals surface area contributed by atoms with Crippen LogP contribution in [0.25, 0.3) is 6.08 Å². The lowest BCUT2D eigenvalue weighted by Gasteiger charge is -2.20. The highest BCUT2D eigenvalue weighted by atomic mass is 32.2. The lowest BCUT2D eigenvalue weighted by atomic mass is 10.1. The summed E-state index contributed by atoms with van der Waals surface area (Å²) in [6.45, 7) is 2.03. The first-order valence-corrected chi connectivity index (χ1v) is 11.7. The molecule has 0 aromatic heterocycles. The molecule has 31 heavy (non-hydrogen) atoms. The zero-order valence-corrected chi connectivity index (χ0v) is 18.1. The summed E-state index contributed by atoms with van der Waals surface area (Å²) in [4.78, 5) is 16.5. The third-order valence-corrected chi connectivity index (χ3v) is 6.62. The highest BCUT2D eigenvalue weighted by Gasteiger charge is 2.35. The third-order valence-electron chi connectivity index (χ3n) is 4.39. The molecule has 2 aromatic rings. The highest BCUT2D eigenvalue weighted by Crippen LogP contribution is 2.30. The van der Waals surface area contributed by atoms with Crippen LogP contribution in [-0.2, 0) is 14.9 Å². The van der Waals surface area contributed by atoms with E-state index in [1.54, 1.807) is 30.3 Å². The molecular formula is C21H18N4O4S2. The van der Waals surface area contributed by atoms with Gasteiger partial charge in [0.25, 0.3) is 5.91 Å². The molecule has 0 saturated carbocycles. The van der Waals surface area contributed by atoms with Crippen LogP contribution in [-0.4, -0.2) is 35.4 Å². The molecule has 0 saturated heterocycles. The number of fused-ring (bicyclic) bond motifs is 1. The van der Waals surface area contributed by atoms with Crippen molar-refractivity contribution in [2.75, 3.05) is 0 Å². The number of carbonyl (C=O) groups excluding carboxylic acids is 1. The van der Waals surface area contributed by atoms with E-state index < -0.39 is 16.0 Å². The molecule has 0 spiro atoms. The molecule has 0 unspecified atom stereocenters. The maximum Gasteiger partial charge on any atom is 0.339 e. The molecule has 1 amide bonds. The first kappa shape index (κ1) is 21.0. The molecule has 2 aliphatic heterocycles. The van der Waals surface area contributed by atoms with E-state index >= 15 is 0 Å². The van der Waals surface area contributed by atoms with Crippen LogP contribution >= 0.6 is 11.8 Å². The smallest absolute Gasteiger partial charge is 0.339 e. The molecule has 0 fully saturated rings. The number of benzene rings is 2. The number of carbonyl (C=O) groups is 1. The molecule has 2 heterocycles. The van der Waals surface area contributed by atoms with Crippen molar-refractivity contribution in [1.29, 1.82) is 5.41 Å². The van der Waals surface area contributed by atoms with Crippen LogP contribution in [0.1, 0.15) is 25.3 Å². The quantitative estimate of drug-likeness (QED) is 0.524. The Morgan fingerprint density at radius 3 is 2.52 bits per heavy atom. The molecule has 8 nitrogen and oxygen atoms in total. The fraction of sp³-hybridized carbons (Fsp3) is 0.143. The van der Waals surface area contributed by atoms with E-state index in [2.05, 4.69) is 10.1 Å². The van der Waals surface area contributed by atoms with Crippen molar-refractivity contribution in [1.82, 2.24) is 5.01 Å². The minimum atomic E-state index is -3.94. The summed E-state index contributed by atoms with van der Waals surface area (Å²) in [5.74, 6) is -0.412. The number of hydrogen-bond donors (Lipinski definition) is 1. The monoisotopic (exact) mass is 454 g/mol. The van der Waals surface area contributed by atoms with Gasteiger partial charge in [0.15, 0.2) is 5.84 Å². The Balaban J connectivity index is 1.54. The van der Waals surface area contributed by atoms with Gasteiger partial charge in [-0.15, -0.1) is 0 Å². The van der Waals surface area contributed by atoms with Crippen LogP contribution in [0.15, 0.2) is 75.2 Å². The van der Waals surface area contributed by atoms with Crippen LogP contribution in [0.3, 0.4) is 0 Å². The van der Waals surface area contributed by atoms with Crippen molar-refractivity contribution in [2.45, 2.75) is 24.7 Å². The lowest BCUT2D eigenvalue weighted by Crippen LogP contribution is -2.35. The van der Waals surface area contributed by atoms with E-state index in [9.17, 15) is 13.2 Å². The first-order chi connectivity index (χ1) is 14.9. The number of thioether (sulfide) groups is 1. The zero-order valence-electron chi connectivity index (χ0n) is 16.5. The predicted molar refractivity (Wildman–Crippen MR) is 121 cm³/mol. The van der Waals surface area contributed by atoms with Gasteiger partial charge in [-0.1, -0.05) is 37.3 Å². The van der Waals surface area contributed by atoms with Crippen LogP contribution in [0.5, 0.6) is 5.75 Å². The molecular weight excluding hydrogens is 436 g/mol. The van der Waals surface area contributed by atoms with E-state index in [0.29, 0.717) is 10.7 Å². The molecule has 0 atom stereocenters. The molecule has 4 rings (SSSR count). The predicted octanol–water partition coefficient (Wildman–Crippen LogP) is 3.87. The van der Waals surface area contributed by atoms with Crippen molar-refractivity contribution in [3.8, 4) is 5.75 Å². The SMILES string of the molecule is CCCC1=NN2C(=N)/C(=C\c3ccc(OS(=O)(=O)c4ccccc4)cc3)C(=O)N=C2S1. The zero-order chi connectivity index (χ0) is 22.0. The summed E-state index contributed by atoms with van der Waals surface area (Å²) in [5.41, 5.74) is 0.706. The number of amidine groups is 2. The van der Waals surface area contributed by atoms with Gasteiger partial charge in [-0.05, 0) is 60.5 Å². The maximum absolute atomic E-state index is 12.4. The van der Waals surface area contributed by atoms with Gasteiger partial charge in [-0.25, -0.2) is 0 Å². The van der Waals surface area contributed by atoms with E-state index in [1.165, 1.54) is 47.1 Å². The topological polar surface area (TPSA) is 112 Å². The Labute approximate surface area is 184 Å². The number of amides is 1. The third kappa shape index (κ3) is 4.44.